The molecule has 2 aromatic heterocycles. The van der Waals surface area contributed by atoms with Crippen molar-refractivity contribution >= 4 is 45.6 Å². The quantitative estimate of drug-likeness (QED) is 0.646. The van der Waals surface area contributed by atoms with E-state index in [-0.39, 0.29) is 5.91 Å². The zero-order valence-electron chi connectivity index (χ0n) is 13.9. The first-order valence-corrected chi connectivity index (χ1v) is 9.73. The van der Waals surface area contributed by atoms with Gasteiger partial charge in [0.05, 0.1) is 10.8 Å². The average molecular weight is 404 g/mol. The van der Waals surface area contributed by atoms with Gasteiger partial charge in [-0.05, 0) is 42.6 Å². The van der Waals surface area contributed by atoms with E-state index >= 15 is 0 Å². The number of hydrogen-bond donors (Lipinski definition) is 1. The van der Waals surface area contributed by atoms with E-state index < -0.39 is 5.25 Å². The highest BCUT2D eigenvalue weighted by Gasteiger charge is 2.20. The number of nitriles is 1. The van der Waals surface area contributed by atoms with Crippen molar-refractivity contribution < 1.29 is 4.79 Å². The Morgan fingerprint density at radius 1 is 1.35 bits per heavy atom. The van der Waals surface area contributed by atoms with Gasteiger partial charge < -0.3 is 9.88 Å². The molecule has 1 atom stereocenters. The topological polar surface area (TPSA) is 83.6 Å². The summed E-state index contributed by atoms with van der Waals surface area (Å²) in [6, 6.07) is 11.1. The van der Waals surface area contributed by atoms with Crippen LogP contribution in [-0.4, -0.2) is 25.9 Å². The average Bonchev–Trinajstić information content (AvgIpc) is 3.22. The summed E-state index contributed by atoms with van der Waals surface area (Å²) in [5.41, 5.74) is 1.36. The van der Waals surface area contributed by atoms with Crippen molar-refractivity contribution in [2.75, 3.05) is 5.32 Å². The van der Waals surface area contributed by atoms with Gasteiger partial charge in [-0.25, -0.2) is 0 Å². The molecule has 0 unspecified atom stereocenters. The number of hydrogen-bond acceptors (Lipinski definition) is 6. The molecule has 1 amide bonds. The third-order valence-electron chi connectivity index (χ3n) is 3.61. The van der Waals surface area contributed by atoms with Crippen molar-refractivity contribution in [3.63, 3.8) is 0 Å². The molecule has 2 heterocycles. The van der Waals surface area contributed by atoms with E-state index in [1.807, 2.05) is 23.7 Å². The summed E-state index contributed by atoms with van der Waals surface area (Å²) < 4.78 is 1.84. The molecule has 9 heteroatoms. The number of rotatable bonds is 5. The van der Waals surface area contributed by atoms with Gasteiger partial charge in [0.2, 0.25) is 5.91 Å². The number of aromatic nitrogens is 3. The van der Waals surface area contributed by atoms with Gasteiger partial charge in [0, 0.05) is 17.6 Å². The number of benzene rings is 1. The number of thioether (sulfide) groups is 1. The van der Waals surface area contributed by atoms with E-state index in [2.05, 4.69) is 21.6 Å². The third-order valence-corrected chi connectivity index (χ3v) is 5.83. The predicted octanol–water partition coefficient (Wildman–Crippen LogP) is 4.19. The van der Waals surface area contributed by atoms with Gasteiger partial charge in [0.15, 0.2) is 11.0 Å². The molecule has 0 spiro atoms. The molecule has 0 saturated heterocycles. The molecule has 26 heavy (non-hydrogen) atoms. The molecule has 3 rings (SSSR count). The Hall–Kier alpha value is -2.34. The van der Waals surface area contributed by atoms with E-state index in [1.54, 1.807) is 30.5 Å². The Morgan fingerprint density at radius 2 is 2.08 bits per heavy atom. The maximum absolute atomic E-state index is 12.4. The Labute approximate surface area is 163 Å². The summed E-state index contributed by atoms with van der Waals surface area (Å²) in [4.78, 5) is 12.4. The first-order valence-electron chi connectivity index (χ1n) is 7.60. The fourth-order valence-electron chi connectivity index (χ4n) is 2.19. The summed E-state index contributed by atoms with van der Waals surface area (Å²) in [5.74, 6) is 0.506. The molecule has 0 aliphatic rings. The fraction of sp³-hybridized carbons (Fsp3) is 0.176. The van der Waals surface area contributed by atoms with Gasteiger partial charge in [-0.2, -0.15) is 5.26 Å². The van der Waals surface area contributed by atoms with Gasteiger partial charge >= 0.3 is 0 Å². The van der Waals surface area contributed by atoms with Crippen LogP contribution in [0.5, 0.6) is 0 Å². The summed E-state index contributed by atoms with van der Waals surface area (Å²) in [6.07, 6.45) is 0. The minimum absolute atomic E-state index is 0.190. The number of nitrogens with zero attached hydrogens (tertiary/aromatic N) is 4. The van der Waals surface area contributed by atoms with Gasteiger partial charge in [-0.3, -0.25) is 4.79 Å². The Balaban J connectivity index is 1.72. The molecular formula is C17H14ClN5OS2. The van der Waals surface area contributed by atoms with E-state index in [0.717, 1.165) is 5.56 Å². The highest BCUT2D eigenvalue weighted by Crippen LogP contribution is 2.28. The molecule has 0 aliphatic heterocycles. The minimum Gasteiger partial charge on any atom is -0.316 e. The molecule has 0 aliphatic carbocycles. The molecule has 6 nitrogen and oxygen atoms in total. The molecule has 0 fully saturated rings. The van der Waals surface area contributed by atoms with Crippen LogP contribution in [0, 0.1) is 11.3 Å². The van der Waals surface area contributed by atoms with Crippen LogP contribution >= 0.6 is 34.7 Å². The van der Waals surface area contributed by atoms with Crippen LogP contribution in [0.15, 0.2) is 40.9 Å². The highest BCUT2D eigenvalue weighted by atomic mass is 35.5. The lowest BCUT2D eigenvalue weighted by Gasteiger charge is -2.11. The lowest BCUT2D eigenvalue weighted by atomic mass is 10.2. The maximum atomic E-state index is 12.4. The van der Waals surface area contributed by atoms with Crippen LogP contribution in [0.1, 0.15) is 12.5 Å². The van der Waals surface area contributed by atoms with Crippen LogP contribution in [0.2, 0.25) is 5.02 Å². The van der Waals surface area contributed by atoms with Crippen LogP contribution < -0.4 is 5.32 Å². The number of anilines is 1. The largest absolute Gasteiger partial charge is 0.316 e. The Bertz CT molecular complexity index is 974. The van der Waals surface area contributed by atoms with Gasteiger partial charge in [-0.15, -0.1) is 21.5 Å². The number of halogens is 1. The number of thiophene rings is 1. The van der Waals surface area contributed by atoms with Crippen LogP contribution in [0.3, 0.4) is 0 Å². The number of amides is 1. The molecule has 0 radical (unpaired) electrons. The molecule has 132 valence electrons. The van der Waals surface area contributed by atoms with Gasteiger partial charge in [-0.1, -0.05) is 23.4 Å². The SMILES string of the molecule is C[C@@H](Sc1nnc(-c2ccc(Cl)cc2)n1C)C(=O)Nc1sccc1C#N. The van der Waals surface area contributed by atoms with Crippen molar-refractivity contribution in [2.24, 2.45) is 7.05 Å². The van der Waals surface area contributed by atoms with Crippen molar-refractivity contribution in [3.05, 3.63) is 46.3 Å². The normalized spacial score (nSPS) is 11.8. The lowest BCUT2D eigenvalue weighted by molar-refractivity contribution is -0.115. The molecular weight excluding hydrogens is 390 g/mol. The maximum Gasteiger partial charge on any atom is 0.238 e. The van der Waals surface area contributed by atoms with E-state index in [1.165, 1.54) is 23.1 Å². The lowest BCUT2D eigenvalue weighted by Crippen LogP contribution is -2.22. The molecule has 0 bridgehead atoms. The van der Waals surface area contributed by atoms with Crippen molar-refractivity contribution in [3.8, 4) is 17.5 Å². The smallest absolute Gasteiger partial charge is 0.238 e. The monoisotopic (exact) mass is 403 g/mol. The van der Waals surface area contributed by atoms with Crippen molar-refractivity contribution in [2.45, 2.75) is 17.3 Å². The molecule has 1 N–H and O–H groups in total. The van der Waals surface area contributed by atoms with Crippen molar-refractivity contribution in [1.29, 1.82) is 5.26 Å². The summed E-state index contributed by atoms with van der Waals surface area (Å²) in [6.45, 7) is 1.79. The summed E-state index contributed by atoms with van der Waals surface area (Å²) in [7, 11) is 1.85. The summed E-state index contributed by atoms with van der Waals surface area (Å²) in [5, 5.41) is 23.4. The molecule has 1 aromatic carbocycles. The number of carbonyl (C=O) groups excluding carboxylic acids is 1. The molecule has 0 saturated carbocycles. The first-order chi connectivity index (χ1) is 12.5. The number of carbonyl (C=O) groups is 1. The van der Waals surface area contributed by atoms with E-state index in [4.69, 9.17) is 16.9 Å². The Kier molecular flexibility index (Phi) is 5.61. The number of nitrogens with one attached hydrogen (secondary N) is 1. The van der Waals surface area contributed by atoms with Crippen LogP contribution in [-0.2, 0) is 11.8 Å². The zero-order valence-corrected chi connectivity index (χ0v) is 16.3. The second kappa shape index (κ2) is 7.91. The van der Waals surface area contributed by atoms with E-state index in [9.17, 15) is 4.79 Å². The van der Waals surface area contributed by atoms with E-state index in [0.29, 0.717) is 26.6 Å². The van der Waals surface area contributed by atoms with Gasteiger partial charge in [0.25, 0.3) is 0 Å². The predicted molar refractivity (Wildman–Crippen MR) is 104 cm³/mol. The van der Waals surface area contributed by atoms with Gasteiger partial charge in [0.1, 0.15) is 11.1 Å². The Morgan fingerprint density at radius 3 is 2.77 bits per heavy atom. The molecule has 3 aromatic rings. The fourth-order valence-corrected chi connectivity index (χ4v) is 3.87. The van der Waals surface area contributed by atoms with Crippen molar-refractivity contribution in [1.82, 2.24) is 14.8 Å². The second-order valence-corrected chi connectivity index (χ2v) is 8.06. The van der Waals surface area contributed by atoms with Crippen LogP contribution in [0.25, 0.3) is 11.4 Å². The summed E-state index contributed by atoms with van der Waals surface area (Å²) >= 11 is 8.55. The zero-order chi connectivity index (χ0) is 18.7. The second-order valence-electron chi connectivity index (χ2n) is 5.40. The van der Waals surface area contributed by atoms with Crippen LogP contribution in [0.4, 0.5) is 5.00 Å². The standard InChI is InChI=1S/C17H14ClN5OS2/c1-10(15(24)20-16-12(9-19)7-8-25-16)26-17-22-21-14(23(17)2)11-3-5-13(18)6-4-11/h3-8,10H,1-2H3,(H,20,24)/t10-/m1/s1. The first kappa shape index (κ1) is 18.5. The highest BCUT2D eigenvalue weighted by molar-refractivity contribution is 8.00. The third kappa shape index (κ3) is 3.90. The minimum atomic E-state index is -0.399.